The summed E-state index contributed by atoms with van der Waals surface area (Å²) < 4.78 is 1.60. The number of fused-ring (bicyclic) bond motifs is 1. The van der Waals surface area contributed by atoms with Gasteiger partial charge in [0.15, 0.2) is 0 Å². The Morgan fingerprint density at radius 2 is 2.08 bits per heavy atom. The first-order valence-electron chi connectivity index (χ1n) is 7.89. The summed E-state index contributed by atoms with van der Waals surface area (Å²) in [7, 11) is 0. The molecule has 0 saturated carbocycles. The SMILES string of the molecule is C/C(=N/Nc1ccnc2cc(Cl)ccc12)c1cccc(-n2cnnn2)c1. The molecule has 128 valence electrons. The van der Waals surface area contributed by atoms with Crippen LogP contribution in [0.1, 0.15) is 12.5 Å². The number of nitrogens with one attached hydrogen (secondary N) is 1. The topological polar surface area (TPSA) is 80.9 Å². The van der Waals surface area contributed by atoms with Gasteiger partial charge in [0.25, 0.3) is 0 Å². The molecule has 0 aliphatic heterocycles. The number of rotatable bonds is 4. The van der Waals surface area contributed by atoms with Crippen molar-refractivity contribution < 1.29 is 0 Å². The Bertz CT molecular complexity index is 1090. The third-order valence-corrected chi connectivity index (χ3v) is 4.16. The number of benzene rings is 2. The van der Waals surface area contributed by atoms with Gasteiger partial charge in [-0.15, -0.1) is 5.10 Å². The monoisotopic (exact) mass is 363 g/mol. The number of tetrazole rings is 1. The molecular formula is C18H14ClN7. The molecule has 2 aromatic heterocycles. The summed E-state index contributed by atoms with van der Waals surface area (Å²) in [5, 5.41) is 17.3. The summed E-state index contributed by atoms with van der Waals surface area (Å²) in [4.78, 5) is 4.33. The van der Waals surface area contributed by atoms with Crippen LogP contribution in [0.4, 0.5) is 5.69 Å². The van der Waals surface area contributed by atoms with Gasteiger partial charge in [0.05, 0.1) is 22.6 Å². The number of nitrogens with zero attached hydrogens (tertiary/aromatic N) is 6. The molecule has 2 heterocycles. The third kappa shape index (κ3) is 3.25. The van der Waals surface area contributed by atoms with E-state index in [1.807, 2.05) is 55.5 Å². The predicted octanol–water partition coefficient (Wildman–Crippen LogP) is 3.70. The Morgan fingerprint density at radius 1 is 1.15 bits per heavy atom. The first kappa shape index (κ1) is 16.2. The molecule has 2 aromatic carbocycles. The summed E-state index contributed by atoms with van der Waals surface area (Å²) in [6, 6.07) is 15.3. The molecule has 0 spiro atoms. The fourth-order valence-electron chi connectivity index (χ4n) is 2.58. The molecule has 0 aliphatic rings. The van der Waals surface area contributed by atoms with Crippen LogP contribution < -0.4 is 5.43 Å². The van der Waals surface area contributed by atoms with Gasteiger partial charge < -0.3 is 0 Å². The highest BCUT2D eigenvalue weighted by Crippen LogP contribution is 2.24. The van der Waals surface area contributed by atoms with Crippen molar-refractivity contribution in [2.75, 3.05) is 5.43 Å². The van der Waals surface area contributed by atoms with Crippen LogP contribution in [0.15, 0.2) is 66.2 Å². The Balaban J connectivity index is 1.63. The van der Waals surface area contributed by atoms with E-state index in [1.54, 1.807) is 17.2 Å². The zero-order chi connectivity index (χ0) is 17.9. The van der Waals surface area contributed by atoms with E-state index >= 15 is 0 Å². The summed E-state index contributed by atoms with van der Waals surface area (Å²) >= 11 is 6.03. The molecule has 0 bridgehead atoms. The summed E-state index contributed by atoms with van der Waals surface area (Å²) in [5.41, 5.74) is 7.46. The second kappa shape index (κ2) is 6.89. The van der Waals surface area contributed by atoms with Crippen molar-refractivity contribution in [3.63, 3.8) is 0 Å². The van der Waals surface area contributed by atoms with Gasteiger partial charge in [0.2, 0.25) is 0 Å². The van der Waals surface area contributed by atoms with Crippen LogP contribution in [0.5, 0.6) is 0 Å². The normalized spacial score (nSPS) is 11.7. The second-order valence-electron chi connectivity index (χ2n) is 5.63. The highest BCUT2D eigenvalue weighted by Gasteiger charge is 2.04. The van der Waals surface area contributed by atoms with Crippen molar-refractivity contribution >= 4 is 33.9 Å². The van der Waals surface area contributed by atoms with E-state index in [2.05, 4.69) is 31.0 Å². The van der Waals surface area contributed by atoms with Gasteiger partial charge in [-0.3, -0.25) is 10.4 Å². The lowest BCUT2D eigenvalue weighted by molar-refractivity contribution is 0.789. The molecule has 0 radical (unpaired) electrons. The van der Waals surface area contributed by atoms with Crippen molar-refractivity contribution in [2.24, 2.45) is 5.10 Å². The molecule has 4 aromatic rings. The second-order valence-corrected chi connectivity index (χ2v) is 6.07. The number of hydrogen-bond acceptors (Lipinski definition) is 6. The van der Waals surface area contributed by atoms with Crippen LogP contribution in [0.25, 0.3) is 16.6 Å². The van der Waals surface area contributed by atoms with Crippen LogP contribution in [-0.2, 0) is 0 Å². The van der Waals surface area contributed by atoms with Crippen LogP contribution in [0, 0.1) is 0 Å². The molecule has 26 heavy (non-hydrogen) atoms. The number of anilines is 1. The van der Waals surface area contributed by atoms with Crippen LogP contribution in [0.3, 0.4) is 0 Å². The summed E-state index contributed by atoms with van der Waals surface area (Å²) in [6.07, 6.45) is 3.28. The maximum absolute atomic E-state index is 6.03. The number of halogens is 1. The lowest BCUT2D eigenvalue weighted by Gasteiger charge is -2.08. The third-order valence-electron chi connectivity index (χ3n) is 3.93. The van der Waals surface area contributed by atoms with Gasteiger partial charge in [0.1, 0.15) is 6.33 Å². The van der Waals surface area contributed by atoms with Gasteiger partial charge in [-0.1, -0.05) is 23.7 Å². The Hall–Kier alpha value is -3.32. The van der Waals surface area contributed by atoms with E-state index in [-0.39, 0.29) is 0 Å². The molecule has 0 saturated heterocycles. The maximum atomic E-state index is 6.03. The smallest absolute Gasteiger partial charge is 0.143 e. The molecule has 7 nitrogen and oxygen atoms in total. The van der Waals surface area contributed by atoms with E-state index in [0.717, 1.165) is 33.6 Å². The molecule has 1 N–H and O–H groups in total. The molecule has 0 fully saturated rings. The van der Waals surface area contributed by atoms with Crippen LogP contribution in [0.2, 0.25) is 5.02 Å². The minimum atomic E-state index is 0.654. The minimum Gasteiger partial charge on any atom is -0.277 e. The van der Waals surface area contributed by atoms with Gasteiger partial charge >= 0.3 is 0 Å². The highest BCUT2D eigenvalue weighted by molar-refractivity contribution is 6.31. The zero-order valence-corrected chi connectivity index (χ0v) is 14.6. The number of aromatic nitrogens is 5. The van der Waals surface area contributed by atoms with E-state index in [4.69, 9.17) is 11.6 Å². The standard InChI is InChI=1S/C18H14ClN7/c1-12(13-3-2-4-15(9-13)26-11-21-24-25-26)22-23-17-7-8-20-18-10-14(19)5-6-16(17)18/h2-11H,1H3,(H,20,23)/b22-12-. The van der Waals surface area contributed by atoms with Crippen LogP contribution >= 0.6 is 11.6 Å². The van der Waals surface area contributed by atoms with Crippen molar-refractivity contribution in [1.82, 2.24) is 25.2 Å². The Morgan fingerprint density at radius 3 is 2.92 bits per heavy atom. The minimum absolute atomic E-state index is 0.654. The Kier molecular flexibility index (Phi) is 4.28. The van der Waals surface area contributed by atoms with Gasteiger partial charge in [-0.25, -0.2) is 4.68 Å². The van der Waals surface area contributed by atoms with E-state index < -0.39 is 0 Å². The molecule has 0 atom stereocenters. The summed E-state index contributed by atoms with van der Waals surface area (Å²) in [6.45, 7) is 1.94. The molecule has 8 heteroatoms. The van der Waals surface area contributed by atoms with Crippen molar-refractivity contribution in [3.05, 3.63) is 71.6 Å². The number of hydrogen-bond donors (Lipinski definition) is 1. The first-order valence-corrected chi connectivity index (χ1v) is 8.27. The number of hydrazone groups is 1. The first-order chi connectivity index (χ1) is 12.7. The van der Waals surface area contributed by atoms with E-state index in [1.165, 1.54) is 0 Å². The maximum Gasteiger partial charge on any atom is 0.143 e. The number of pyridine rings is 1. The van der Waals surface area contributed by atoms with E-state index in [0.29, 0.717) is 5.02 Å². The van der Waals surface area contributed by atoms with E-state index in [9.17, 15) is 0 Å². The lowest BCUT2D eigenvalue weighted by Crippen LogP contribution is -2.02. The van der Waals surface area contributed by atoms with Crippen molar-refractivity contribution in [2.45, 2.75) is 6.92 Å². The fourth-order valence-corrected chi connectivity index (χ4v) is 2.75. The van der Waals surface area contributed by atoms with Crippen molar-refractivity contribution in [1.29, 1.82) is 0 Å². The molecule has 0 amide bonds. The Labute approximate surface area is 154 Å². The fraction of sp³-hybridized carbons (Fsp3) is 0.0556. The van der Waals surface area contributed by atoms with Gasteiger partial charge in [-0.2, -0.15) is 5.10 Å². The average molecular weight is 364 g/mol. The molecule has 0 aliphatic carbocycles. The molecular weight excluding hydrogens is 350 g/mol. The lowest BCUT2D eigenvalue weighted by atomic mass is 10.1. The van der Waals surface area contributed by atoms with Crippen LogP contribution in [-0.4, -0.2) is 30.9 Å². The predicted molar refractivity (Wildman–Crippen MR) is 102 cm³/mol. The molecule has 4 rings (SSSR count). The average Bonchev–Trinajstić information content (AvgIpc) is 3.20. The van der Waals surface area contributed by atoms with Crippen molar-refractivity contribution in [3.8, 4) is 5.69 Å². The highest BCUT2D eigenvalue weighted by atomic mass is 35.5. The van der Waals surface area contributed by atoms with Gasteiger partial charge in [-0.05, 0) is 59.3 Å². The largest absolute Gasteiger partial charge is 0.277 e. The van der Waals surface area contributed by atoms with Gasteiger partial charge in [0, 0.05) is 16.6 Å². The quantitative estimate of drug-likeness (QED) is 0.441. The summed E-state index contributed by atoms with van der Waals surface area (Å²) in [5.74, 6) is 0. The zero-order valence-electron chi connectivity index (χ0n) is 13.8. The molecule has 0 unspecified atom stereocenters.